The third-order valence-electron chi connectivity index (χ3n) is 1.95. The molecule has 14 heavy (non-hydrogen) atoms. The highest BCUT2D eigenvalue weighted by atomic mass is 79.9. The Bertz CT molecular complexity index is 302. The standard InChI is InChI=1S/C10H15BrN2O/c1-10(2,5-7-14)13-9-8(11)4-3-6-12-9/h3-4,6,14H,5,7H2,1-2H3,(H,12,13). The van der Waals surface area contributed by atoms with Crippen LogP contribution in [0.4, 0.5) is 5.82 Å². The summed E-state index contributed by atoms with van der Waals surface area (Å²) in [5, 5.41) is 12.1. The first-order valence-corrected chi connectivity index (χ1v) is 5.34. The number of rotatable bonds is 4. The smallest absolute Gasteiger partial charge is 0.140 e. The summed E-state index contributed by atoms with van der Waals surface area (Å²) >= 11 is 3.41. The highest BCUT2D eigenvalue weighted by Gasteiger charge is 2.17. The first-order chi connectivity index (χ1) is 6.55. The van der Waals surface area contributed by atoms with Gasteiger partial charge in [-0.15, -0.1) is 0 Å². The number of aliphatic hydroxyl groups excluding tert-OH is 1. The second kappa shape index (κ2) is 4.75. The average Bonchev–Trinajstić information content (AvgIpc) is 2.08. The van der Waals surface area contributed by atoms with Gasteiger partial charge in [-0.1, -0.05) is 0 Å². The highest BCUT2D eigenvalue weighted by Crippen LogP contribution is 2.23. The molecule has 0 aliphatic rings. The summed E-state index contributed by atoms with van der Waals surface area (Å²) < 4.78 is 0.936. The molecule has 1 rings (SSSR count). The van der Waals surface area contributed by atoms with Crippen LogP contribution < -0.4 is 5.32 Å². The number of nitrogens with one attached hydrogen (secondary N) is 1. The maximum Gasteiger partial charge on any atom is 0.140 e. The number of hydrogen-bond donors (Lipinski definition) is 2. The Morgan fingerprint density at radius 3 is 2.86 bits per heavy atom. The lowest BCUT2D eigenvalue weighted by molar-refractivity contribution is 0.260. The van der Waals surface area contributed by atoms with Crippen molar-refractivity contribution in [3.8, 4) is 0 Å². The maximum atomic E-state index is 8.88. The van der Waals surface area contributed by atoms with Crippen molar-refractivity contribution in [3.63, 3.8) is 0 Å². The number of pyridine rings is 1. The molecule has 0 amide bonds. The van der Waals surface area contributed by atoms with E-state index in [0.29, 0.717) is 6.42 Å². The van der Waals surface area contributed by atoms with Crippen LogP contribution in [-0.2, 0) is 0 Å². The molecule has 3 nitrogen and oxygen atoms in total. The molecule has 0 aliphatic heterocycles. The van der Waals surface area contributed by atoms with Crippen LogP contribution in [0.1, 0.15) is 20.3 Å². The Morgan fingerprint density at radius 1 is 1.57 bits per heavy atom. The van der Waals surface area contributed by atoms with Crippen LogP contribution in [0.5, 0.6) is 0 Å². The van der Waals surface area contributed by atoms with Gasteiger partial charge in [0.2, 0.25) is 0 Å². The second-order valence-corrected chi connectivity index (χ2v) is 4.67. The van der Waals surface area contributed by atoms with Crippen LogP contribution in [0.2, 0.25) is 0 Å². The summed E-state index contributed by atoms with van der Waals surface area (Å²) in [5.41, 5.74) is -0.147. The number of halogens is 1. The SMILES string of the molecule is CC(C)(CCO)Nc1ncccc1Br. The van der Waals surface area contributed by atoms with E-state index < -0.39 is 0 Å². The van der Waals surface area contributed by atoms with E-state index in [2.05, 4.69) is 26.2 Å². The Hall–Kier alpha value is -0.610. The monoisotopic (exact) mass is 258 g/mol. The fourth-order valence-corrected chi connectivity index (χ4v) is 1.49. The van der Waals surface area contributed by atoms with Gasteiger partial charge < -0.3 is 10.4 Å². The molecule has 1 aromatic heterocycles. The van der Waals surface area contributed by atoms with Gasteiger partial charge in [0.05, 0.1) is 4.47 Å². The molecule has 0 fully saturated rings. The number of aromatic nitrogens is 1. The lowest BCUT2D eigenvalue weighted by Crippen LogP contribution is -2.32. The predicted molar refractivity (Wildman–Crippen MR) is 61.3 cm³/mol. The van der Waals surface area contributed by atoms with Gasteiger partial charge in [0.1, 0.15) is 5.82 Å². The molecule has 0 saturated heterocycles. The van der Waals surface area contributed by atoms with E-state index in [1.165, 1.54) is 0 Å². The molecule has 1 heterocycles. The van der Waals surface area contributed by atoms with Gasteiger partial charge in [-0.25, -0.2) is 4.98 Å². The molecule has 0 radical (unpaired) electrons. The Labute approximate surface area is 92.7 Å². The number of anilines is 1. The molecule has 0 unspecified atom stereocenters. The van der Waals surface area contributed by atoms with Gasteiger partial charge in [0.15, 0.2) is 0 Å². The number of hydrogen-bond acceptors (Lipinski definition) is 3. The van der Waals surface area contributed by atoms with Crippen molar-refractivity contribution in [2.45, 2.75) is 25.8 Å². The molecule has 0 bridgehead atoms. The van der Waals surface area contributed by atoms with Crippen molar-refractivity contribution < 1.29 is 5.11 Å². The van der Waals surface area contributed by atoms with Crippen molar-refractivity contribution in [2.75, 3.05) is 11.9 Å². The molecule has 1 aromatic rings. The summed E-state index contributed by atoms with van der Waals surface area (Å²) in [6.45, 7) is 4.24. The van der Waals surface area contributed by atoms with Crippen molar-refractivity contribution in [2.24, 2.45) is 0 Å². The zero-order valence-corrected chi connectivity index (χ0v) is 10.0. The van der Waals surface area contributed by atoms with Gasteiger partial charge in [-0.05, 0) is 48.3 Å². The molecule has 0 aromatic carbocycles. The summed E-state index contributed by atoms with van der Waals surface area (Å²) in [6, 6.07) is 3.80. The highest BCUT2D eigenvalue weighted by molar-refractivity contribution is 9.10. The zero-order valence-electron chi connectivity index (χ0n) is 8.42. The van der Waals surface area contributed by atoms with Crippen molar-refractivity contribution in [3.05, 3.63) is 22.8 Å². The van der Waals surface area contributed by atoms with Crippen LogP contribution in [0.3, 0.4) is 0 Å². The molecule has 78 valence electrons. The molecule has 2 N–H and O–H groups in total. The molecule has 0 aliphatic carbocycles. The first-order valence-electron chi connectivity index (χ1n) is 4.55. The summed E-state index contributed by atoms with van der Waals surface area (Å²) in [4.78, 5) is 4.21. The van der Waals surface area contributed by atoms with E-state index in [1.54, 1.807) is 6.20 Å². The Kier molecular flexibility index (Phi) is 3.89. The van der Waals surface area contributed by atoms with Crippen molar-refractivity contribution >= 4 is 21.7 Å². The Morgan fingerprint density at radius 2 is 2.29 bits per heavy atom. The minimum Gasteiger partial charge on any atom is -0.396 e. The van der Waals surface area contributed by atoms with Gasteiger partial charge in [-0.3, -0.25) is 0 Å². The molecule has 0 saturated carbocycles. The van der Waals surface area contributed by atoms with Crippen LogP contribution in [0, 0.1) is 0 Å². The van der Waals surface area contributed by atoms with E-state index >= 15 is 0 Å². The summed E-state index contributed by atoms with van der Waals surface area (Å²) in [7, 11) is 0. The molecular weight excluding hydrogens is 244 g/mol. The fraction of sp³-hybridized carbons (Fsp3) is 0.500. The maximum absolute atomic E-state index is 8.88. The number of nitrogens with zero attached hydrogens (tertiary/aromatic N) is 1. The average molecular weight is 259 g/mol. The van der Waals surface area contributed by atoms with E-state index in [0.717, 1.165) is 10.3 Å². The fourth-order valence-electron chi connectivity index (χ4n) is 1.14. The van der Waals surface area contributed by atoms with Gasteiger partial charge in [0.25, 0.3) is 0 Å². The van der Waals surface area contributed by atoms with Crippen molar-refractivity contribution in [1.29, 1.82) is 0 Å². The molecule has 4 heteroatoms. The Balaban J connectivity index is 2.73. The third-order valence-corrected chi connectivity index (χ3v) is 2.59. The molecular formula is C10H15BrN2O. The summed E-state index contributed by atoms with van der Waals surface area (Å²) in [6.07, 6.45) is 2.43. The number of aliphatic hydroxyl groups is 1. The van der Waals surface area contributed by atoms with Gasteiger partial charge >= 0.3 is 0 Å². The van der Waals surface area contributed by atoms with Gasteiger partial charge in [-0.2, -0.15) is 0 Å². The summed E-state index contributed by atoms with van der Waals surface area (Å²) in [5.74, 6) is 0.811. The molecule has 0 spiro atoms. The van der Waals surface area contributed by atoms with Crippen LogP contribution >= 0.6 is 15.9 Å². The van der Waals surface area contributed by atoms with Crippen LogP contribution in [-0.4, -0.2) is 22.2 Å². The normalized spacial score (nSPS) is 11.4. The van der Waals surface area contributed by atoms with Crippen LogP contribution in [0.25, 0.3) is 0 Å². The van der Waals surface area contributed by atoms with E-state index in [-0.39, 0.29) is 12.1 Å². The lowest BCUT2D eigenvalue weighted by Gasteiger charge is -2.26. The quantitative estimate of drug-likeness (QED) is 0.872. The van der Waals surface area contributed by atoms with Crippen molar-refractivity contribution in [1.82, 2.24) is 4.98 Å². The predicted octanol–water partition coefficient (Wildman–Crippen LogP) is 2.42. The zero-order chi connectivity index (χ0) is 10.6. The second-order valence-electron chi connectivity index (χ2n) is 3.82. The topological polar surface area (TPSA) is 45.1 Å². The van der Waals surface area contributed by atoms with Crippen LogP contribution in [0.15, 0.2) is 22.8 Å². The lowest BCUT2D eigenvalue weighted by atomic mass is 10.0. The molecule has 0 atom stereocenters. The minimum atomic E-state index is -0.147. The third kappa shape index (κ3) is 3.27. The van der Waals surface area contributed by atoms with Gasteiger partial charge in [0, 0.05) is 18.3 Å². The minimum absolute atomic E-state index is 0.147. The van der Waals surface area contributed by atoms with E-state index in [9.17, 15) is 0 Å². The first kappa shape index (κ1) is 11.5. The largest absolute Gasteiger partial charge is 0.396 e. The van der Waals surface area contributed by atoms with E-state index in [4.69, 9.17) is 5.11 Å². The van der Waals surface area contributed by atoms with E-state index in [1.807, 2.05) is 26.0 Å².